The third-order valence-corrected chi connectivity index (χ3v) is 4.40. The molecule has 18 heavy (non-hydrogen) atoms. The minimum atomic E-state index is 0.968. The number of hydrogen-bond donors (Lipinski definition) is 0. The molecule has 2 aromatic rings. The summed E-state index contributed by atoms with van der Waals surface area (Å²) in [4.78, 5) is 4.35. The van der Waals surface area contributed by atoms with E-state index >= 15 is 0 Å². The maximum Gasteiger partial charge on any atom is 0.0963 e. The van der Waals surface area contributed by atoms with Crippen LogP contribution in [0, 0.1) is 0 Å². The van der Waals surface area contributed by atoms with E-state index in [0.717, 1.165) is 17.2 Å². The summed E-state index contributed by atoms with van der Waals surface area (Å²) in [6, 6.07) is 6.05. The Morgan fingerprint density at radius 1 is 1.28 bits per heavy atom. The highest BCUT2D eigenvalue weighted by Gasteiger charge is 2.18. The van der Waals surface area contributed by atoms with Gasteiger partial charge in [-0.25, -0.2) is 4.98 Å². The molecule has 0 saturated carbocycles. The van der Waals surface area contributed by atoms with Crippen molar-refractivity contribution in [2.45, 2.75) is 36.5 Å². The van der Waals surface area contributed by atoms with Crippen LogP contribution in [0.1, 0.15) is 29.8 Å². The fraction of sp³-hybridized carbons (Fsp3) is 0.429. The van der Waals surface area contributed by atoms with Gasteiger partial charge in [0.1, 0.15) is 0 Å². The predicted octanol–water partition coefficient (Wildman–Crippen LogP) is 2.99. The third kappa shape index (κ3) is 2.29. The molecule has 3 nitrogen and oxygen atoms in total. The molecular weight excluding hydrogens is 242 g/mol. The maximum absolute atomic E-state index is 4.65. The highest BCUT2D eigenvalue weighted by Crippen LogP contribution is 2.28. The summed E-state index contributed by atoms with van der Waals surface area (Å²) in [5, 5.41) is 5.73. The molecule has 0 aromatic carbocycles. The molecule has 94 valence electrons. The zero-order valence-corrected chi connectivity index (χ0v) is 11.4. The smallest absolute Gasteiger partial charge is 0.0963 e. The van der Waals surface area contributed by atoms with Gasteiger partial charge in [-0.15, -0.1) is 11.8 Å². The lowest BCUT2D eigenvalue weighted by atomic mass is 9.96. The van der Waals surface area contributed by atoms with Gasteiger partial charge in [-0.3, -0.25) is 4.68 Å². The van der Waals surface area contributed by atoms with Crippen LogP contribution in [0.3, 0.4) is 0 Å². The highest BCUT2D eigenvalue weighted by atomic mass is 32.2. The van der Waals surface area contributed by atoms with E-state index < -0.39 is 0 Å². The molecule has 0 radical (unpaired) electrons. The monoisotopic (exact) mass is 259 g/mol. The minimum absolute atomic E-state index is 0.968. The van der Waals surface area contributed by atoms with Gasteiger partial charge in [0.25, 0.3) is 0 Å². The lowest BCUT2D eigenvalue weighted by Gasteiger charge is -2.11. The van der Waals surface area contributed by atoms with Crippen molar-refractivity contribution in [2.24, 2.45) is 7.05 Å². The van der Waals surface area contributed by atoms with Crippen LogP contribution in [0.4, 0.5) is 0 Å². The molecule has 0 aliphatic heterocycles. The van der Waals surface area contributed by atoms with Gasteiger partial charge >= 0.3 is 0 Å². The van der Waals surface area contributed by atoms with Crippen molar-refractivity contribution in [2.75, 3.05) is 0 Å². The molecule has 1 aliphatic carbocycles. The first-order valence-electron chi connectivity index (χ1n) is 6.42. The number of aryl methyl sites for hydroxylation is 2. The molecule has 0 bridgehead atoms. The first-order valence-corrected chi connectivity index (χ1v) is 7.40. The first-order chi connectivity index (χ1) is 8.84. The Morgan fingerprint density at radius 3 is 3.00 bits per heavy atom. The van der Waals surface area contributed by atoms with Crippen LogP contribution in [0.5, 0.6) is 0 Å². The Balaban J connectivity index is 1.78. The largest absolute Gasteiger partial charge is 0.271 e. The molecule has 0 fully saturated rings. The Kier molecular flexibility index (Phi) is 3.37. The van der Waals surface area contributed by atoms with Gasteiger partial charge in [0, 0.05) is 19.0 Å². The molecular formula is C14H17N3S. The zero-order valence-electron chi connectivity index (χ0n) is 10.6. The topological polar surface area (TPSA) is 30.7 Å². The van der Waals surface area contributed by atoms with E-state index in [4.69, 9.17) is 0 Å². The quantitative estimate of drug-likeness (QED) is 0.794. The maximum atomic E-state index is 4.65. The minimum Gasteiger partial charge on any atom is -0.271 e. The molecule has 2 heterocycles. The average molecular weight is 259 g/mol. The fourth-order valence-corrected chi connectivity index (χ4v) is 3.46. The van der Waals surface area contributed by atoms with E-state index in [0.29, 0.717) is 0 Å². The van der Waals surface area contributed by atoms with Crippen molar-refractivity contribution in [3.05, 3.63) is 41.3 Å². The molecule has 0 spiro atoms. The van der Waals surface area contributed by atoms with E-state index in [1.807, 2.05) is 18.3 Å². The van der Waals surface area contributed by atoms with Crippen LogP contribution < -0.4 is 0 Å². The molecule has 0 N–H and O–H groups in total. The summed E-state index contributed by atoms with van der Waals surface area (Å²) in [5.74, 6) is 0.968. The molecule has 0 atom stereocenters. The second kappa shape index (κ2) is 5.14. The molecule has 0 unspecified atom stereocenters. The lowest BCUT2D eigenvalue weighted by Crippen LogP contribution is -2.02. The van der Waals surface area contributed by atoms with Crippen molar-refractivity contribution < 1.29 is 0 Å². The number of nitrogens with zero attached hydrogens (tertiary/aromatic N) is 3. The predicted molar refractivity (Wildman–Crippen MR) is 73.6 cm³/mol. The van der Waals surface area contributed by atoms with E-state index in [1.54, 1.807) is 11.8 Å². The second-order valence-electron chi connectivity index (χ2n) is 4.66. The summed E-state index contributed by atoms with van der Waals surface area (Å²) in [5.41, 5.74) is 4.19. The molecule has 0 amide bonds. The second-order valence-corrected chi connectivity index (χ2v) is 5.65. The van der Waals surface area contributed by atoms with Crippen LogP contribution in [0.2, 0.25) is 0 Å². The van der Waals surface area contributed by atoms with Crippen molar-refractivity contribution in [3.8, 4) is 0 Å². The van der Waals surface area contributed by atoms with Gasteiger partial charge in [-0.1, -0.05) is 6.07 Å². The Hall–Kier alpha value is -1.29. The SMILES string of the molecule is Cn1nc2c(c1CSc1ccccn1)CCCC2. The Labute approximate surface area is 112 Å². The van der Waals surface area contributed by atoms with Gasteiger partial charge in [0.2, 0.25) is 0 Å². The van der Waals surface area contributed by atoms with Gasteiger partial charge in [0.05, 0.1) is 16.4 Å². The van der Waals surface area contributed by atoms with E-state index in [9.17, 15) is 0 Å². The van der Waals surface area contributed by atoms with E-state index in [1.165, 1.54) is 36.2 Å². The number of pyridine rings is 1. The van der Waals surface area contributed by atoms with Gasteiger partial charge in [-0.05, 0) is 43.4 Å². The Bertz CT molecular complexity index is 533. The van der Waals surface area contributed by atoms with Crippen LogP contribution in [-0.2, 0) is 25.6 Å². The summed E-state index contributed by atoms with van der Waals surface area (Å²) >= 11 is 1.79. The van der Waals surface area contributed by atoms with E-state index in [2.05, 4.69) is 27.9 Å². The number of rotatable bonds is 3. The average Bonchev–Trinajstić information content (AvgIpc) is 2.73. The summed E-state index contributed by atoms with van der Waals surface area (Å²) in [6.07, 6.45) is 6.79. The molecule has 4 heteroatoms. The van der Waals surface area contributed by atoms with Crippen molar-refractivity contribution in [3.63, 3.8) is 0 Å². The summed E-state index contributed by atoms with van der Waals surface area (Å²) < 4.78 is 2.06. The molecule has 1 aliphatic rings. The molecule has 3 rings (SSSR count). The van der Waals surface area contributed by atoms with E-state index in [-0.39, 0.29) is 0 Å². The molecule has 2 aromatic heterocycles. The van der Waals surface area contributed by atoms with Crippen molar-refractivity contribution in [1.82, 2.24) is 14.8 Å². The number of thioether (sulfide) groups is 1. The van der Waals surface area contributed by atoms with Crippen LogP contribution in [-0.4, -0.2) is 14.8 Å². The number of aromatic nitrogens is 3. The zero-order chi connectivity index (χ0) is 12.4. The van der Waals surface area contributed by atoms with Crippen LogP contribution in [0.25, 0.3) is 0 Å². The van der Waals surface area contributed by atoms with Crippen molar-refractivity contribution in [1.29, 1.82) is 0 Å². The standard InChI is InChI=1S/C14H17N3S/c1-17-13(10-18-14-8-4-5-9-15-14)11-6-2-3-7-12(11)16-17/h4-5,8-9H,2-3,6-7,10H2,1H3. The normalized spacial score (nSPS) is 14.5. The lowest BCUT2D eigenvalue weighted by molar-refractivity contribution is 0.664. The first kappa shape index (κ1) is 11.8. The number of hydrogen-bond acceptors (Lipinski definition) is 3. The van der Waals surface area contributed by atoms with Gasteiger partial charge in [-0.2, -0.15) is 5.10 Å². The highest BCUT2D eigenvalue weighted by molar-refractivity contribution is 7.98. The summed E-state index contributed by atoms with van der Waals surface area (Å²) in [7, 11) is 2.06. The van der Waals surface area contributed by atoms with Gasteiger partial charge < -0.3 is 0 Å². The van der Waals surface area contributed by atoms with Crippen LogP contribution in [0.15, 0.2) is 29.4 Å². The third-order valence-electron chi connectivity index (χ3n) is 3.44. The fourth-order valence-electron chi connectivity index (χ4n) is 2.50. The Morgan fingerprint density at radius 2 is 2.17 bits per heavy atom. The summed E-state index contributed by atoms with van der Waals surface area (Å²) in [6.45, 7) is 0. The van der Waals surface area contributed by atoms with Crippen molar-refractivity contribution >= 4 is 11.8 Å². The van der Waals surface area contributed by atoms with Gasteiger partial charge in [0.15, 0.2) is 0 Å². The molecule has 0 saturated heterocycles. The van der Waals surface area contributed by atoms with Crippen LogP contribution >= 0.6 is 11.8 Å². The number of fused-ring (bicyclic) bond motifs is 1.